The maximum Gasteiger partial charge on any atom is 0.193 e. The van der Waals surface area contributed by atoms with E-state index in [0.717, 1.165) is 30.0 Å². The van der Waals surface area contributed by atoms with E-state index in [4.69, 9.17) is 15.2 Å². The van der Waals surface area contributed by atoms with E-state index >= 15 is 0 Å². The number of hydrogen-bond donors (Lipinski definition) is 2. The van der Waals surface area contributed by atoms with Crippen LogP contribution in [0.3, 0.4) is 0 Å². The molecule has 0 radical (unpaired) electrons. The number of aryl methyl sites for hydroxylation is 1. The second kappa shape index (κ2) is 10.7. The van der Waals surface area contributed by atoms with E-state index in [2.05, 4.69) is 22.4 Å². The van der Waals surface area contributed by atoms with Gasteiger partial charge in [-0.15, -0.1) is 24.0 Å². The fourth-order valence-corrected chi connectivity index (χ4v) is 2.20. The third kappa shape index (κ3) is 6.27. The Hall–Kier alpha value is -1.96. The summed E-state index contributed by atoms with van der Waals surface area (Å²) < 4.78 is 10.4. The van der Waals surface area contributed by atoms with Gasteiger partial charge in [-0.25, -0.2) is 0 Å². The number of guanidine groups is 1. The summed E-state index contributed by atoms with van der Waals surface area (Å²) in [7, 11) is 3.30. The van der Waals surface area contributed by atoms with Crippen molar-refractivity contribution in [1.82, 2.24) is 0 Å². The Balaban J connectivity index is 0.00000288. The number of benzene rings is 2. The third-order valence-electron chi connectivity index (χ3n) is 3.43. The van der Waals surface area contributed by atoms with Gasteiger partial charge in [-0.2, -0.15) is 0 Å². The Labute approximate surface area is 160 Å². The minimum atomic E-state index is 0. The van der Waals surface area contributed by atoms with Crippen LogP contribution in [0.15, 0.2) is 53.5 Å². The number of aliphatic imine (C=N–C) groups is 1. The second-order valence-corrected chi connectivity index (χ2v) is 5.04. The zero-order valence-electron chi connectivity index (χ0n) is 14.0. The van der Waals surface area contributed by atoms with Crippen LogP contribution >= 0.6 is 24.0 Å². The van der Waals surface area contributed by atoms with Crippen LogP contribution in [0.4, 0.5) is 5.69 Å². The lowest BCUT2D eigenvalue weighted by Gasteiger charge is -2.10. The molecule has 3 N–H and O–H groups in total. The molecule has 0 heterocycles. The fourth-order valence-electron chi connectivity index (χ4n) is 2.20. The molecule has 0 aromatic heterocycles. The van der Waals surface area contributed by atoms with Gasteiger partial charge in [-0.1, -0.05) is 24.3 Å². The van der Waals surface area contributed by atoms with Crippen molar-refractivity contribution in [2.45, 2.75) is 12.8 Å². The quantitative estimate of drug-likeness (QED) is 0.298. The lowest BCUT2D eigenvalue weighted by Crippen LogP contribution is -2.23. The Bertz CT molecular complexity index is 645. The molecule has 24 heavy (non-hydrogen) atoms. The molecule has 2 aromatic carbocycles. The van der Waals surface area contributed by atoms with Gasteiger partial charge >= 0.3 is 0 Å². The van der Waals surface area contributed by atoms with Crippen LogP contribution in [0.5, 0.6) is 11.5 Å². The van der Waals surface area contributed by atoms with Gasteiger partial charge in [0, 0.05) is 6.54 Å². The van der Waals surface area contributed by atoms with Crippen LogP contribution in [0.2, 0.25) is 0 Å². The third-order valence-corrected chi connectivity index (χ3v) is 3.43. The van der Waals surface area contributed by atoms with Gasteiger partial charge in [0.25, 0.3) is 0 Å². The largest absolute Gasteiger partial charge is 0.497 e. The molecule has 2 rings (SSSR count). The molecule has 0 aliphatic rings. The van der Waals surface area contributed by atoms with Crippen LogP contribution < -0.4 is 20.5 Å². The number of hydrogen-bond acceptors (Lipinski definition) is 3. The van der Waals surface area contributed by atoms with E-state index in [9.17, 15) is 0 Å². The average Bonchev–Trinajstić information content (AvgIpc) is 2.59. The van der Waals surface area contributed by atoms with E-state index in [1.54, 1.807) is 14.2 Å². The number of nitrogens with one attached hydrogen (secondary N) is 1. The van der Waals surface area contributed by atoms with E-state index in [1.807, 2.05) is 36.4 Å². The molecule has 0 unspecified atom stereocenters. The van der Waals surface area contributed by atoms with Crippen LogP contribution in [-0.2, 0) is 6.42 Å². The van der Waals surface area contributed by atoms with E-state index in [0.29, 0.717) is 12.5 Å². The maximum atomic E-state index is 5.91. The van der Waals surface area contributed by atoms with Crippen LogP contribution in [0.25, 0.3) is 0 Å². The summed E-state index contributed by atoms with van der Waals surface area (Å²) in [6.07, 6.45) is 1.88. The van der Waals surface area contributed by atoms with Gasteiger partial charge in [0.2, 0.25) is 0 Å². The first-order chi connectivity index (χ1) is 11.2. The van der Waals surface area contributed by atoms with E-state index < -0.39 is 0 Å². The summed E-state index contributed by atoms with van der Waals surface area (Å²) in [5.74, 6) is 2.00. The number of methoxy groups -OCH3 is 2. The molecule has 0 aliphatic heterocycles. The SMILES string of the molecule is COc1ccc(CCCN=C(N)Nc2ccccc2OC)cc1.I. The first kappa shape index (κ1) is 20.1. The number of ether oxygens (including phenoxy) is 2. The molecule has 0 spiro atoms. The molecule has 0 saturated heterocycles. The van der Waals surface area contributed by atoms with Gasteiger partial charge in [-0.05, 0) is 42.7 Å². The molecule has 5 nitrogen and oxygen atoms in total. The van der Waals surface area contributed by atoms with Crippen molar-refractivity contribution >= 4 is 35.6 Å². The smallest absolute Gasteiger partial charge is 0.193 e. The van der Waals surface area contributed by atoms with Crippen molar-refractivity contribution in [2.24, 2.45) is 10.7 Å². The second-order valence-electron chi connectivity index (χ2n) is 5.04. The van der Waals surface area contributed by atoms with Crippen LogP contribution in [0, 0.1) is 0 Å². The lowest BCUT2D eigenvalue weighted by molar-refractivity contribution is 0.414. The molecule has 0 saturated carbocycles. The minimum Gasteiger partial charge on any atom is -0.497 e. The standard InChI is InChI=1S/C18H23N3O2.HI/c1-22-15-11-9-14(10-12-15)6-5-13-20-18(19)21-16-7-3-4-8-17(16)23-2;/h3-4,7-12H,5-6,13H2,1-2H3,(H3,19,20,21);1H. The summed E-state index contributed by atoms with van der Waals surface area (Å²) in [5.41, 5.74) is 7.99. The van der Waals surface area contributed by atoms with Crippen LogP contribution in [0.1, 0.15) is 12.0 Å². The zero-order chi connectivity index (χ0) is 16.5. The summed E-state index contributed by atoms with van der Waals surface area (Å²) in [4.78, 5) is 4.35. The van der Waals surface area contributed by atoms with Gasteiger partial charge in [0.15, 0.2) is 5.96 Å². The topological polar surface area (TPSA) is 68.9 Å². The Morgan fingerprint density at radius 2 is 1.75 bits per heavy atom. The van der Waals surface area contributed by atoms with E-state index in [-0.39, 0.29) is 24.0 Å². The van der Waals surface area contributed by atoms with Gasteiger partial charge < -0.3 is 20.5 Å². The Morgan fingerprint density at radius 1 is 1.04 bits per heavy atom. The number of halogens is 1. The van der Waals surface area contributed by atoms with E-state index in [1.165, 1.54) is 5.56 Å². The molecule has 130 valence electrons. The number of nitrogens with zero attached hydrogens (tertiary/aromatic N) is 1. The van der Waals surface area contributed by atoms with Gasteiger partial charge in [0.1, 0.15) is 11.5 Å². The molecule has 0 fully saturated rings. The normalized spacial score (nSPS) is 10.7. The first-order valence-electron chi connectivity index (χ1n) is 7.56. The van der Waals surface area contributed by atoms with Crippen molar-refractivity contribution in [2.75, 3.05) is 26.1 Å². The highest BCUT2D eigenvalue weighted by Gasteiger charge is 2.02. The molecule has 6 heteroatoms. The lowest BCUT2D eigenvalue weighted by atomic mass is 10.1. The molecule has 0 aliphatic carbocycles. The maximum absolute atomic E-state index is 5.91. The predicted octanol–water partition coefficient (Wildman–Crippen LogP) is 3.68. The van der Waals surface area contributed by atoms with Crippen molar-refractivity contribution < 1.29 is 9.47 Å². The summed E-state index contributed by atoms with van der Waals surface area (Å²) >= 11 is 0. The van der Waals surface area contributed by atoms with Crippen molar-refractivity contribution in [3.63, 3.8) is 0 Å². The van der Waals surface area contributed by atoms with Crippen molar-refractivity contribution in [3.8, 4) is 11.5 Å². The summed E-state index contributed by atoms with van der Waals surface area (Å²) in [5, 5.41) is 3.06. The van der Waals surface area contributed by atoms with Gasteiger partial charge in [0.05, 0.1) is 19.9 Å². The monoisotopic (exact) mass is 441 g/mol. The van der Waals surface area contributed by atoms with Crippen molar-refractivity contribution in [1.29, 1.82) is 0 Å². The zero-order valence-corrected chi connectivity index (χ0v) is 16.3. The minimum absolute atomic E-state index is 0. The Morgan fingerprint density at radius 3 is 2.42 bits per heavy atom. The highest BCUT2D eigenvalue weighted by molar-refractivity contribution is 14.0. The molecule has 0 bridgehead atoms. The van der Waals surface area contributed by atoms with Gasteiger partial charge in [-0.3, -0.25) is 4.99 Å². The fraction of sp³-hybridized carbons (Fsp3) is 0.278. The molecule has 0 atom stereocenters. The number of anilines is 1. The number of nitrogens with two attached hydrogens (primary N) is 1. The van der Waals surface area contributed by atoms with Crippen LogP contribution in [-0.4, -0.2) is 26.7 Å². The molecular weight excluding hydrogens is 417 g/mol. The van der Waals surface area contributed by atoms with Crippen molar-refractivity contribution in [3.05, 3.63) is 54.1 Å². The first-order valence-corrected chi connectivity index (χ1v) is 7.56. The highest BCUT2D eigenvalue weighted by atomic mass is 127. The summed E-state index contributed by atoms with van der Waals surface area (Å²) in [6.45, 7) is 0.667. The Kier molecular flexibility index (Phi) is 8.99. The number of para-hydroxylation sites is 2. The molecule has 2 aromatic rings. The summed E-state index contributed by atoms with van der Waals surface area (Å²) in [6, 6.07) is 15.7. The molecule has 0 amide bonds. The predicted molar refractivity (Wildman–Crippen MR) is 110 cm³/mol. The molecular formula is C18H24IN3O2. The highest BCUT2D eigenvalue weighted by Crippen LogP contribution is 2.22. The average molecular weight is 441 g/mol. The number of rotatable bonds is 7.